The zero-order valence-corrected chi connectivity index (χ0v) is 8.85. The first-order valence-electron chi connectivity index (χ1n) is 3.83. The van der Waals surface area contributed by atoms with Gasteiger partial charge in [-0.1, -0.05) is 33.6 Å². The number of aryl methyl sites for hydroxylation is 1. The Morgan fingerprint density at radius 1 is 1.36 bits per heavy atom. The van der Waals surface area contributed by atoms with Crippen molar-refractivity contribution in [3.05, 3.63) is 33.8 Å². The molecular weight excluding hydrogens is 261 g/mol. The predicted octanol–water partition coefficient (Wildman–Crippen LogP) is 3.35. The van der Waals surface area contributed by atoms with Gasteiger partial charge in [0.05, 0.1) is 0 Å². The summed E-state index contributed by atoms with van der Waals surface area (Å²) < 4.78 is 36.8. The normalized spacial score (nSPS) is 14.1. The highest BCUT2D eigenvalue weighted by Crippen LogP contribution is 2.36. The summed E-state index contributed by atoms with van der Waals surface area (Å²) in [6.07, 6.45) is -7.06. The first kappa shape index (κ1) is 11.5. The molecule has 78 valence electrons. The molecule has 1 aromatic carbocycles. The molecule has 0 amide bonds. The second kappa shape index (κ2) is 3.90. The summed E-state index contributed by atoms with van der Waals surface area (Å²) in [6.45, 7) is 1.67. The fourth-order valence-corrected chi connectivity index (χ4v) is 1.51. The van der Waals surface area contributed by atoms with Crippen molar-refractivity contribution in [3.63, 3.8) is 0 Å². The molecule has 14 heavy (non-hydrogen) atoms. The van der Waals surface area contributed by atoms with Gasteiger partial charge in [0.25, 0.3) is 0 Å². The Labute approximate surface area is 87.7 Å². The van der Waals surface area contributed by atoms with Crippen molar-refractivity contribution >= 4 is 15.9 Å². The number of aliphatic hydroxyl groups excluding tert-OH is 1. The smallest absolute Gasteiger partial charge is 0.379 e. The topological polar surface area (TPSA) is 20.2 Å². The maximum absolute atomic E-state index is 12.2. The highest BCUT2D eigenvalue weighted by atomic mass is 79.9. The minimum Gasteiger partial charge on any atom is -0.379 e. The van der Waals surface area contributed by atoms with E-state index in [1.54, 1.807) is 13.0 Å². The number of rotatable bonds is 1. The monoisotopic (exact) mass is 268 g/mol. The minimum absolute atomic E-state index is 0.155. The minimum atomic E-state index is -4.63. The van der Waals surface area contributed by atoms with Crippen LogP contribution < -0.4 is 0 Å². The van der Waals surface area contributed by atoms with E-state index < -0.39 is 12.3 Å². The lowest BCUT2D eigenvalue weighted by atomic mass is 10.1. The van der Waals surface area contributed by atoms with Gasteiger partial charge in [-0.05, 0) is 13.0 Å². The Morgan fingerprint density at radius 3 is 2.43 bits per heavy atom. The molecule has 0 fully saturated rings. The first-order chi connectivity index (χ1) is 6.32. The molecule has 1 nitrogen and oxygen atoms in total. The van der Waals surface area contributed by atoms with Crippen LogP contribution in [0.1, 0.15) is 17.2 Å². The Morgan fingerprint density at radius 2 is 1.93 bits per heavy atom. The number of hydrogen-bond acceptors (Lipinski definition) is 1. The lowest BCUT2D eigenvalue weighted by Gasteiger charge is -2.16. The largest absolute Gasteiger partial charge is 0.418 e. The van der Waals surface area contributed by atoms with E-state index >= 15 is 0 Å². The van der Waals surface area contributed by atoms with Crippen molar-refractivity contribution in [2.45, 2.75) is 19.2 Å². The van der Waals surface area contributed by atoms with Crippen LogP contribution in [0.25, 0.3) is 0 Å². The molecule has 1 aromatic rings. The summed E-state index contributed by atoms with van der Waals surface area (Å²) in [7, 11) is 0. The van der Waals surface area contributed by atoms with Gasteiger partial charge in [-0.2, -0.15) is 13.2 Å². The SMILES string of the molecule is Cc1ccc(Br)c([C@H](O)C(F)(F)F)c1. The van der Waals surface area contributed by atoms with Gasteiger partial charge in [-0.3, -0.25) is 0 Å². The van der Waals surface area contributed by atoms with Crippen molar-refractivity contribution < 1.29 is 18.3 Å². The van der Waals surface area contributed by atoms with Crippen LogP contribution in [0.2, 0.25) is 0 Å². The standard InChI is InChI=1S/C9H8BrF3O/c1-5-2-3-7(10)6(4-5)8(14)9(11,12)13/h2-4,8,14H,1H3/t8-/m0/s1. The van der Waals surface area contributed by atoms with Crippen molar-refractivity contribution in [1.82, 2.24) is 0 Å². The summed E-state index contributed by atoms with van der Waals surface area (Å²) in [4.78, 5) is 0. The van der Waals surface area contributed by atoms with Gasteiger partial charge in [0.15, 0.2) is 6.10 Å². The third-order valence-corrected chi connectivity index (χ3v) is 2.48. The van der Waals surface area contributed by atoms with Crippen LogP contribution in [0.15, 0.2) is 22.7 Å². The van der Waals surface area contributed by atoms with Gasteiger partial charge in [0.1, 0.15) is 0 Å². The van der Waals surface area contributed by atoms with E-state index in [9.17, 15) is 13.2 Å². The summed E-state index contributed by atoms with van der Waals surface area (Å²) in [5.74, 6) is 0. The van der Waals surface area contributed by atoms with Crippen LogP contribution in [-0.2, 0) is 0 Å². The Kier molecular flexibility index (Phi) is 3.21. The number of aliphatic hydroxyl groups is 1. The van der Waals surface area contributed by atoms with Crippen LogP contribution in [0.3, 0.4) is 0 Å². The molecule has 0 heterocycles. The average Bonchev–Trinajstić information content (AvgIpc) is 2.06. The number of halogens is 4. The molecule has 5 heteroatoms. The summed E-state index contributed by atoms with van der Waals surface area (Å²) in [5.41, 5.74) is 0.518. The highest BCUT2D eigenvalue weighted by Gasteiger charge is 2.40. The molecule has 1 N–H and O–H groups in total. The third kappa shape index (κ3) is 2.48. The quantitative estimate of drug-likeness (QED) is 0.828. The number of benzene rings is 1. The van der Waals surface area contributed by atoms with E-state index in [0.29, 0.717) is 5.56 Å². The highest BCUT2D eigenvalue weighted by molar-refractivity contribution is 9.10. The molecule has 0 aromatic heterocycles. The van der Waals surface area contributed by atoms with Crippen molar-refractivity contribution in [1.29, 1.82) is 0 Å². The molecule has 0 saturated carbocycles. The van der Waals surface area contributed by atoms with E-state index in [0.717, 1.165) is 0 Å². The molecule has 0 aliphatic rings. The van der Waals surface area contributed by atoms with E-state index in [4.69, 9.17) is 5.11 Å². The third-order valence-electron chi connectivity index (χ3n) is 1.76. The molecule has 1 rings (SSSR count). The summed E-state index contributed by atoms with van der Waals surface area (Å²) in [6, 6.07) is 4.46. The second-order valence-electron chi connectivity index (χ2n) is 2.97. The Balaban J connectivity index is 3.12. The van der Waals surface area contributed by atoms with E-state index in [-0.39, 0.29) is 10.0 Å². The maximum Gasteiger partial charge on any atom is 0.418 e. The zero-order valence-electron chi connectivity index (χ0n) is 7.27. The molecular formula is C9H8BrF3O. The first-order valence-corrected chi connectivity index (χ1v) is 4.62. The predicted molar refractivity (Wildman–Crippen MR) is 49.9 cm³/mol. The summed E-state index contributed by atoms with van der Waals surface area (Å²) >= 11 is 2.96. The fraction of sp³-hybridized carbons (Fsp3) is 0.333. The van der Waals surface area contributed by atoms with Gasteiger partial charge in [0, 0.05) is 10.0 Å². The molecule has 1 atom stereocenters. The summed E-state index contributed by atoms with van der Waals surface area (Å²) in [5, 5.41) is 9.01. The van der Waals surface area contributed by atoms with Crippen LogP contribution in [0.4, 0.5) is 13.2 Å². The average molecular weight is 269 g/mol. The molecule has 0 aliphatic heterocycles. The van der Waals surface area contributed by atoms with Crippen molar-refractivity contribution in [2.24, 2.45) is 0 Å². The Bertz CT molecular complexity index is 335. The second-order valence-corrected chi connectivity index (χ2v) is 3.82. The van der Waals surface area contributed by atoms with Gasteiger partial charge < -0.3 is 5.11 Å². The van der Waals surface area contributed by atoms with Gasteiger partial charge >= 0.3 is 6.18 Å². The van der Waals surface area contributed by atoms with Crippen molar-refractivity contribution in [3.8, 4) is 0 Å². The van der Waals surface area contributed by atoms with Gasteiger partial charge in [-0.25, -0.2) is 0 Å². The van der Waals surface area contributed by atoms with Crippen LogP contribution in [0, 0.1) is 6.92 Å². The molecule has 0 bridgehead atoms. The van der Waals surface area contributed by atoms with Gasteiger partial charge in [0.2, 0.25) is 0 Å². The Hall–Kier alpha value is -0.550. The van der Waals surface area contributed by atoms with E-state index in [1.807, 2.05) is 0 Å². The van der Waals surface area contributed by atoms with E-state index in [1.165, 1.54) is 12.1 Å². The maximum atomic E-state index is 12.2. The fourth-order valence-electron chi connectivity index (χ4n) is 1.05. The molecule has 0 radical (unpaired) electrons. The lowest BCUT2D eigenvalue weighted by molar-refractivity contribution is -0.207. The van der Waals surface area contributed by atoms with Crippen LogP contribution >= 0.6 is 15.9 Å². The van der Waals surface area contributed by atoms with Crippen LogP contribution in [0.5, 0.6) is 0 Å². The lowest BCUT2D eigenvalue weighted by Crippen LogP contribution is -2.20. The van der Waals surface area contributed by atoms with E-state index in [2.05, 4.69) is 15.9 Å². The van der Waals surface area contributed by atoms with Crippen molar-refractivity contribution in [2.75, 3.05) is 0 Å². The van der Waals surface area contributed by atoms with Gasteiger partial charge in [-0.15, -0.1) is 0 Å². The van der Waals surface area contributed by atoms with Crippen LogP contribution in [-0.4, -0.2) is 11.3 Å². The number of hydrogen-bond donors (Lipinski definition) is 1. The number of alkyl halides is 3. The molecule has 0 unspecified atom stereocenters. The molecule has 0 spiro atoms. The molecule has 0 saturated heterocycles. The zero-order chi connectivity index (χ0) is 10.9. The molecule has 0 aliphatic carbocycles.